The highest BCUT2D eigenvalue weighted by Crippen LogP contribution is 2.28. The zero-order valence-electron chi connectivity index (χ0n) is 17.2. The van der Waals surface area contributed by atoms with Gasteiger partial charge in [-0.1, -0.05) is 6.07 Å². The summed E-state index contributed by atoms with van der Waals surface area (Å²) < 4.78 is 65.7. The lowest BCUT2D eigenvalue weighted by Crippen LogP contribution is -2.23. The van der Waals surface area contributed by atoms with Crippen LogP contribution in [0.4, 0.5) is 11.4 Å². The Morgan fingerprint density at radius 1 is 0.969 bits per heavy atom. The summed E-state index contributed by atoms with van der Waals surface area (Å²) in [5.41, 5.74) is 0.226. The average molecular weight is 480 g/mol. The Balaban J connectivity index is 1.83. The van der Waals surface area contributed by atoms with Crippen molar-refractivity contribution in [1.29, 1.82) is 0 Å². The van der Waals surface area contributed by atoms with Gasteiger partial charge in [0.2, 0.25) is 15.9 Å². The van der Waals surface area contributed by atoms with Gasteiger partial charge in [-0.2, -0.15) is 0 Å². The minimum absolute atomic E-state index is 0.0442. The number of furan rings is 1. The maximum absolute atomic E-state index is 12.8. The van der Waals surface area contributed by atoms with Gasteiger partial charge >= 0.3 is 0 Å². The number of amides is 1. The molecule has 0 aliphatic heterocycles. The minimum atomic E-state index is -4.09. The Morgan fingerprint density at radius 2 is 1.72 bits per heavy atom. The fourth-order valence-electron chi connectivity index (χ4n) is 2.75. The monoisotopic (exact) mass is 479 g/mol. The number of benzene rings is 2. The van der Waals surface area contributed by atoms with Crippen LogP contribution in [0, 0.1) is 0 Å². The van der Waals surface area contributed by atoms with Gasteiger partial charge in [-0.15, -0.1) is 0 Å². The number of carbonyl (C=O) groups excluding carboxylic acids is 1. The van der Waals surface area contributed by atoms with E-state index in [0.29, 0.717) is 5.76 Å². The second-order valence-electron chi connectivity index (χ2n) is 6.58. The van der Waals surface area contributed by atoms with Crippen molar-refractivity contribution in [2.45, 2.75) is 23.3 Å². The van der Waals surface area contributed by atoms with Crippen LogP contribution in [0.3, 0.4) is 0 Å². The van der Waals surface area contributed by atoms with E-state index in [2.05, 4.69) is 14.8 Å². The Labute approximate surface area is 185 Å². The van der Waals surface area contributed by atoms with Crippen molar-refractivity contribution in [2.75, 3.05) is 17.1 Å². The first kappa shape index (κ1) is 23.3. The first-order valence-corrected chi connectivity index (χ1v) is 12.2. The molecule has 0 unspecified atom stereocenters. The van der Waals surface area contributed by atoms with Gasteiger partial charge in [0.25, 0.3) is 10.0 Å². The lowest BCUT2D eigenvalue weighted by molar-refractivity contribution is -0.114. The molecule has 32 heavy (non-hydrogen) atoms. The molecule has 0 radical (unpaired) electrons. The van der Waals surface area contributed by atoms with E-state index in [1.54, 1.807) is 12.1 Å². The molecule has 1 aromatic heterocycles. The van der Waals surface area contributed by atoms with Crippen molar-refractivity contribution in [1.82, 2.24) is 4.72 Å². The Morgan fingerprint density at radius 3 is 2.38 bits per heavy atom. The smallest absolute Gasteiger partial charge is 0.261 e. The highest BCUT2D eigenvalue weighted by atomic mass is 32.2. The summed E-state index contributed by atoms with van der Waals surface area (Å²) in [4.78, 5) is 11.1. The Hall–Kier alpha value is -3.35. The van der Waals surface area contributed by atoms with Gasteiger partial charge in [0.15, 0.2) is 0 Å². The number of hydrogen-bond donors (Lipinski definition) is 3. The normalized spacial score (nSPS) is 11.7. The van der Waals surface area contributed by atoms with Crippen molar-refractivity contribution in [3.63, 3.8) is 0 Å². The van der Waals surface area contributed by atoms with Gasteiger partial charge in [0.1, 0.15) is 11.5 Å². The van der Waals surface area contributed by atoms with Crippen LogP contribution >= 0.6 is 0 Å². The van der Waals surface area contributed by atoms with Gasteiger partial charge < -0.3 is 14.5 Å². The largest absolute Gasteiger partial charge is 0.495 e. The maximum Gasteiger partial charge on any atom is 0.261 e. The molecule has 0 spiro atoms. The van der Waals surface area contributed by atoms with Crippen LogP contribution in [0.2, 0.25) is 0 Å². The zero-order chi connectivity index (χ0) is 23.4. The van der Waals surface area contributed by atoms with Crippen LogP contribution < -0.4 is 19.5 Å². The van der Waals surface area contributed by atoms with E-state index in [9.17, 15) is 21.6 Å². The van der Waals surface area contributed by atoms with E-state index in [0.717, 1.165) is 0 Å². The summed E-state index contributed by atoms with van der Waals surface area (Å²) in [6, 6.07) is 12.6. The van der Waals surface area contributed by atoms with Crippen LogP contribution in [0.1, 0.15) is 12.7 Å². The predicted octanol–water partition coefficient (Wildman–Crippen LogP) is 2.53. The van der Waals surface area contributed by atoms with Crippen LogP contribution in [0.5, 0.6) is 5.75 Å². The Bertz CT molecular complexity index is 1320. The third-order valence-electron chi connectivity index (χ3n) is 4.21. The molecule has 0 aliphatic carbocycles. The number of carbonyl (C=O) groups is 1. The topological polar surface area (TPSA) is 144 Å². The molecule has 1 amide bonds. The Kier molecular flexibility index (Phi) is 6.87. The number of rotatable bonds is 9. The standard InChI is InChI=1S/C20H21N3O7S2/c1-14(24)22-19-12-18(8-9-20(19)29-2)32(27,28)23-15-5-3-7-17(11-15)31(25,26)21-13-16-6-4-10-30-16/h3-12,21,23H,13H2,1-2H3,(H,22,24). The molecule has 2 aromatic carbocycles. The van der Waals surface area contributed by atoms with Gasteiger partial charge in [-0.3, -0.25) is 9.52 Å². The molecule has 0 fully saturated rings. The number of ether oxygens (including phenoxy) is 1. The first-order chi connectivity index (χ1) is 15.1. The van der Waals surface area contributed by atoms with E-state index in [4.69, 9.17) is 9.15 Å². The number of nitrogens with one attached hydrogen (secondary N) is 3. The van der Waals surface area contributed by atoms with Crippen molar-refractivity contribution in [3.8, 4) is 5.75 Å². The van der Waals surface area contributed by atoms with Crippen LogP contribution in [-0.2, 0) is 31.4 Å². The third kappa shape index (κ3) is 5.66. The number of sulfonamides is 2. The summed E-state index contributed by atoms with van der Waals surface area (Å²) in [5, 5.41) is 2.50. The minimum Gasteiger partial charge on any atom is -0.495 e. The van der Waals surface area contributed by atoms with E-state index in [-0.39, 0.29) is 33.5 Å². The molecule has 0 atom stereocenters. The molecular weight excluding hydrogens is 458 g/mol. The molecule has 0 saturated carbocycles. The number of hydrogen-bond acceptors (Lipinski definition) is 7. The molecule has 1 heterocycles. The second-order valence-corrected chi connectivity index (χ2v) is 10.0. The van der Waals surface area contributed by atoms with Crippen molar-refractivity contribution in [2.24, 2.45) is 0 Å². The van der Waals surface area contributed by atoms with Crippen molar-refractivity contribution >= 4 is 37.3 Å². The lowest BCUT2D eigenvalue weighted by atomic mass is 10.3. The van der Waals surface area contributed by atoms with E-state index in [1.165, 1.54) is 62.8 Å². The van der Waals surface area contributed by atoms with Crippen LogP contribution in [-0.4, -0.2) is 29.9 Å². The molecule has 0 bridgehead atoms. The summed E-state index contributed by atoms with van der Waals surface area (Å²) in [7, 11) is -6.62. The number of anilines is 2. The van der Waals surface area contributed by atoms with Gasteiger partial charge in [-0.05, 0) is 48.5 Å². The van der Waals surface area contributed by atoms with Gasteiger partial charge in [0.05, 0.1) is 41.1 Å². The molecule has 3 aromatic rings. The highest BCUT2D eigenvalue weighted by Gasteiger charge is 2.20. The molecule has 3 rings (SSSR count). The van der Waals surface area contributed by atoms with E-state index >= 15 is 0 Å². The zero-order valence-corrected chi connectivity index (χ0v) is 18.8. The number of methoxy groups -OCH3 is 1. The lowest BCUT2D eigenvalue weighted by Gasteiger charge is -2.13. The molecule has 3 N–H and O–H groups in total. The first-order valence-electron chi connectivity index (χ1n) is 9.21. The molecular formula is C20H21N3O7S2. The fraction of sp³-hybridized carbons (Fsp3) is 0.150. The van der Waals surface area contributed by atoms with Crippen LogP contribution in [0.15, 0.2) is 75.1 Å². The SMILES string of the molecule is COc1ccc(S(=O)(=O)Nc2cccc(S(=O)(=O)NCc3ccco3)c2)cc1NC(C)=O. The maximum atomic E-state index is 12.8. The fourth-order valence-corrected chi connectivity index (χ4v) is 4.86. The summed E-state index contributed by atoms with van der Waals surface area (Å²) in [5.74, 6) is 0.320. The van der Waals surface area contributed by atoms with Crippen molar-refractivity contribution in [3.05, 3.63) is 66.6 Å². The molecule has 12 heteroatoms. The van der Waals surface area contributed by atoms with E-state index in [1.807, 2.05) is 0 Å². The van der Waals surface area contributed by atoms with Crippen molar-refractivity contribution < 1.29 is 30.8 Å². The van der Waals surface area contributed by atoms with Gasteiger partial charge in [-0.25, -0.2) is 21.6 Å². The van der Waals surface area contributed by atoms with Crippen LogP contribution in [0.25, 0.3) is 0 Å². The molecule has 170 valence electrons. The average Bonchev–Trinajstić information content (AvgIpc) is 3.25. The molecule has 0 aliphatic rings. The highest BCUT2D eigenvalue weighted by molar-refractivity contribution is 7.92. The summed E-state index contributed by atoms with van der Waals surface area (Å²) >= 11 is 0. The van der Waals surface area contributed by atoms with Gasteiger partial charge in [0, 0.05) is 6.92 Å². The predicted molar refractivity (Wildman–Crippen MR) is 117 cm³/mol. The molecule has 0 saturated heterocycles. The summed E-state index contributed by atoms with van der Waals surface area (Å²) in [6.45, 7) is 1.23. The third-order valence-corrected chi connectivity index (χ3v) is 6.98. The van der Waals surface area contributed by atoms with E-state index < -0.39 is 26.0 Å². The summed E-state index contributed by atoms with van der Waals surface area (Å²) in [6.07, 6.45) is 1.43. The molecule has 10 nitrogen and oxygen atoms in total. The quantitative estimate of drug-likeness (QED) is 0.428. The second kappa shape index (κ2) is 9.42.